The summed E-state index contributed by atoms with van der Waals surface area (Å²) in [4.78, 5) is 4.42. The van der Waals surface area contributed by atoms with Gasteiger partial charge in [0.1, 0.15) is 11.6 Å². The summed E-state index contributed by atoms with van der Waals surface area (Å²) in [5, 5.41) is 0. The molecule has 0 spiro atoms. The first-order valence-corrected chi connectivity index (χ1v) is 6.93. The molecule has 4 heteroatoms. The number of hydrogen-bond acceptors (Lipinski definition) is 1. The van der Waals surface area contributed by atoms with Crippen LogP contribution in [0.1, 0.15) is 25.6 Å². The Bertz CT molecular complexity index is 574. The van der Waals surface area contributed by atoms with Gasteiger partial charge in [-0.3, -0.25) is 0 Å². The monoisotopic (exact) mass is 266 g/mol. The van der Waals surface area contributed by atoms with Crippen LogP contribution in [0.25, 0.3) is 11.0 Å². The molecule has 0 amide bonds. The highest BCUT2D eigenvalue weighted by Gasteiger charge is 2.28. The van der Waals surface area contributed by atoms with E-state index in [1.807, 2.05) is 0 Å². The number of alkyl halides is 1. The summed E-state index contributed by atoms with van der Waals surface area (Å²) in [5.41, 5.74) is 1.69. The van der Waals surface area contributed by atoms with Crippen molar-refractivity contribution < 1.29 is 4.39 Å². The lowest BCUT2D eigenvalue weighted by atomic mass is 10.1. The molecular formula is C14H16ClFN2. The van der Waals surface area contributed by atoms with Crippen molar-refractivity contribution in [1.82, 2.24) is 9.55 Å². The fraction of sp³-hybridized carbons (Fsp3) is 0.500. The lowest BCUT2D eigenvalue weighted by Gasteiger charge is -2.13. The molecule has 3 rings (SSSR count). The van der Waals surface area contributed by atoms with E-state index < -0.39 is 0 Å². The minimum atomic E-state index is -0.247. The number of halogens is 2. The van der Waals surface area contributed by atoms with E-state index in [-0.39, 0.29) is 5.82 Å². The lowest BCUT2D eigenvalue weighted by Crippen LogP contribution is -2.11. The molecule has 0 saturated heterocycles. The number of nitrogens with zero attached hydrogens (tertiary/aromatic N) is 2. The third-order valence-electron chi connectivity index (χ3n) is 3.81. The quantitative estimate of drug-likeness (QED) is 0.766. The van der Waals surface area contributed by atoms with Gasteiger partial charge in [-0.05, 0) is 36.8 Å². The molecule has 96 valence electrons. The van der Waals surface area contributed by atoms with Crippen molar-refractivity contribution in [2.24, 2.45) is 11.8 Å². The second-order valence-corrected chi connectivity index (χ2v) is 5.49. The fourth-order valence-corrected chi connectivity index (χ4v) is 2.76. The minimum Gasteiger partial charge on any atom is -0.327 e. The Balaban J connectivity index is 2.01. The number of imidazole rings is 1. The van der Waals surface area contributed by atoms with E-state index in [0.29, 0.717) is 17.3 Å². The molecule has 1 aliphatic rings. The van der Waals surface area contributed by atoms with Crippen LogP contribution in [0.15, 0.2) is 18.2 Å². The number of aromatic nitrogens is 2. The maximum atomic E-state index is 13.2. The van der Waals surface area contributed by atoms with E-state index in [1.165, 1.54) is 25.0 Å². The molecule has 0 N–H and O–H groups in total. The highest BCUT2D eigenvalue weighted by Crippen LogP contribution is 2.38. The smallest absolute Gasteiger partial charge is 0.125 e. The summed E-state index contributed by atoms with van der Waals surface area (Å²) in [6.45, 7) is 3.19. The van der Waals surface area contributed by atoms with Crippen molar-refractivity contribution in [3.8, 4) is 0 Å². The van der Waals surface area contributed by atoms with Crippen molar-refractivity contribution in [3.63, 3.8) is 0 Å². The van der Waals surface area contributed by atoms with Crippen LogP contribution in [0, 0.1) is 17.7 Å². The van der Waals surface area contributed by atoms with Gasteiger partial charge >= 0.3 is 0 Å². The van der Waals surface area contributed by atoms with Crippen LogP contribution in [0.5, 0.6) is 0 Å². The number of benzene rings is 1. The first kappa shape index (κ1) is 12.0. The van der Waals surface area contributed by atoms with Gasteiger partial charge in [-0.2, -0.15) is 0 Å². The summed E-state index contributed by atoms with van der Waals surface area (Å²) >= 11 is 5.94. The molecule has 1 heterocycles. The van der Waals surface area contributed by atoms with Gasteiger partial charge in [-0.25, -0.2) is 9.37 Å². The van der Waals surface area contributed by atoms with Crippen molar-refractivity contribution in [3.05, 3.63) is 29.8 Å². The second kappa shape index (κ2) is 4.54. The van der Waals surface area contributed by atoms with E-state index in [4.69, 9.17) is 11.6 Å². The molecule has 2 nitrogen and oxygen atoms in total. The predicted octanol–water partition coefficient (Wildman–Crippen LogP) is 3.96. The molecular weight excluding hydrogens is 251 g/mol. The van der Waals surface area contributed by atoms with Gasteiger partial charge in [0, 0.05) is 12.6 Å². The fourth-order valence-electron chi connectivity index (χ4n) is 2.56. The topological polar surface area (TPSA) is 17.8 Å². The summed E-state index contributed by atoms with van der Waals surface area (Å²) < 4.78 is 15.3. The van der Waals surface area contributed by atoms with Crippen LogP contribution < -0.4 is 0 Å². The molecule has 18 heavy (non-hydrogen) atoms. The van der Waals surface area contributed by atoms with E-state index in [2.05, 4.69) is 16.5 Å². The normalized spacial score (nSPS) is 17.3. The van der Waals surface area contributed by atoms with Crippen LogP contribution in [0.2, 0.25) is 0 Å². The largest absolute Gasteiger partial charge is 0.327 e. The lowest BCUT2D eigenvalue weighted by molar-refractivity contribution is 0.431. The molecule has 2 aromatic rings. The number of fused-ring (bicyclic) bond motifs is 1. The van der Waals surface area contributed by atoms with E-state index in [1.54, 1.807) is 6.07 Å². The number of hydrogen-bond donors (Lipinski definition) is 0. The first-order valence-electron chi connectivity index (χ1n) is 6.39. The van der Waals surface area contributed by atoms with Crippen molar-refractivity contribution >= 4 is 22.6 Å². The zero-order chi connectivity index (χ0) is 12.7. The van der Waals surface area contributed by atoms with Gasteiger partial charge in [0.05, 0.1) is 16.9 Å². The molecule has 0 aliphatic heterocycles. The van der Waals surface area contributed by atoms with Crippen LogP contribution >= 0.6 is 11.6 Å². The Morgan fingerprint density at radius 1 is 1.50 bits per heavy atom. The maximum Gasteiger partial charge on any atom is 0.125 e. The molecule has 1 aromatic carbocycles. The molecule has 1 fully saturated rings. The van der Waals surface area contributed by atoms with Crippen LogP contribution in [-0.2, 0) is 12.4 Å². The molecule has 1 aromatic heterocycles. The molecule has 0 bridgehead atoms. The van der Waals surface area contributed by atoms with Crippen LogP contribution in [0.3, 0.4) is 0 Å². The standard InChI is InChI=1S/C14H16ClFN2/c1-9(10-2-3-10)8-18-13-5-4-11(16)6-12(13)17-14(18)7-15/h4-6,9-10H,2-3,7-8H2,1H3. The van der Waals surface area contributed by atoms with Gasteiger partial charge in [-0.1, -0.05) is 6.92 Å². The average Bonchev–Trinajstić information content (AvgIpc) is 3.14. The Labute approximate surface area is 111 Å². The van der Waals surface area contributed by atoms with Crippen molar-refractivity contribution in [2.75, 3.05) is 0 Å². The van der Waals surface area contributed by atoms with Gasteiger partial charge in [0.2, 0.25) is 0 Å². The van der Waals surface area contributed by atoms with Crippen molar-refractivity contribution in [2.45, 2.75) is 32.2 Å². The molecule has 1 saturated carbocycles. The van der Waals surface area contributed by atoms with Crippen LogP contribution in [0.4, 0.5) is 4.39 Å². The van der Waals surface area contributed by atoms with Crippen molar-refractivity contribution in [1.29, 1.82) is 0 Å². The second-order valence-electron chi connectivity index (χ2n) is 5.22. The Morgan fingerprint density at radius 2 is 2.28 bits per heavy atom. The summed E-state index contributed by atoms with van der Waals surface area (Å²) in [6.07, 6.45) is 2.66. The SMILES string of the molecule is CC(Cn1c(CCl)nc2cc(F)ccc21)C1CC1. The zero-order valence-electron chi connectivity index (χ0n) is 10.4. The Morgan fingerprint density at radius 3 is 2.94 bits per heavy atom. The third-order valence-corrected chi connectivity index (χ3v) is 4.05. The Kier molecular flexibility index (Phi) is 3.02. The first-order chi connectivity index (χ1) is 8.69. The van der Waals surface area contributed by atoms with Gasteiger partial charge in [-0.15, -0.1) is 11.6 Å². The molecule has 0 radical (unpaired) electrons. The number of rotatable bonds is 4. The van der Waals surface area contributed by atoms with Gasteiger partial charge in [0.15, 0.2) is 0 Å². The van der Waals surface area contributed by atoms with E-state index >= 15 is 0 Å². The molecule has 1 aliphatic carbocycles. The minimum absolute atomic E-state index is 0.247. The zero-order valence-corrected chi connectivity index (χ0v) is 11.1. The van der Waals surface area contributed by atoms with Gasteiger partial charge < -0.3 is 4.57 Å². The predicted molar refractivity (Wildman–Crippen MR) is 71.1 cm³/mol. The van der Waals surface area contributed by atoms with Crippen LogP contribution in [-0.4, -0.2) is 9.55 Å². The highest BCUT2D eigenvalue weighted by atomic mass is 35.5. The highest BCUT2D eigenvalue weighted by molar-refractivity contribution is 6.16. The summed E-state index contributed by atoms with van der Waals surface area (Å²) in [6, 6.07) is 4.76. The molecule has 1 atom stereocenters. The van der Waals surface area contributed by atoms with E-state index in [9.17, 15) is 4.39 Å². The molecule has 1 unspecified atom stereocenters. The summed E-state index contributed by atoms with van der Waals surface area (Å²) in [5.74, 6) is 2.43. The Hall–Kier alpha value is -1.09. The van der Waals surface area contributed by atoms with E-state index in [0.717, 1.165) is 23.8 Å². The summed E-state index contributed by atoms with van der Waals surface area (Å²) in [7, 11) is 0. The van der Waals surface area contributed by atoms with Gasteiger partial charge in [0.25, 0.3) is 0 Å². The maximum absolute atomic E-state index is 13.2. The average molecular weight is 267 g/mol. The third kappa shape index (κ3) is 2.12.